The predicted molar refractivity (Wildman–Crippen MR) is 238 cm³/mol. The number of esters is 1. The molecule has 0 radical (unpaired) electrons. The lowest BCUT2D eigenvalue weighted by molar-refractivity contribution is -0.154. The van der Waals surface area contributed by atoms with Gasteiger partial charge in [-0.15, -0.1) is 0 Å². The third-order valence-electron chi connectivity index (χ3n) is 8.83. The van der Waals surface area contributed by atoms with E-state index in [1.165, 1.54) is 64.2 Å². The van der Waals surface area contributed by atoms with Crippen LogP contribution in [0.1, 0.15) is 168 Å². The summed E-state index contributed by atoms with van der Waals surface area (Å²) in [4.78, 5) is 22.5. The number of phosphoric acid groups is 1. The van der Waals surface area contributed by atoms with Crippen LogP contribution >= 0.6 is 7.82 Å². The van der Waals surface area contributed by atoms with Gasteiger partial charge in [0.05, 0.1) is 19.8 Å². The van der Waals surface area contributed by atoms with Crippen molar-refractivity contribution < 1.29 is 32.8 Å². The van der Waals surface area contributed by atoms with E-state index in [1.807, 2.05) is 0 Å². The molecule has 0 aromatic rings. The Balaban J connectivity index is 4.11. The molecule has 8 nitrogen and oxygen atoms in total. The lowest BCUT2D eigenvalue weighted by Gasteiger charge is -2.20. The monoisotopic (exact) mass is 804 g/mol. The fourth-order valence-corrected chi connectivity index (χ4v) is 6.39. The Kier molecular flexibility index (Phi) is 42.0. The largest absolute Gasteiger partial charge is 0.472 e. The van der Waals surface area contributed by atoms with Gasteiger partial charge in [-0.1, -0.05) is 176 Å². The van der Waals surface area contributed by atoms with Crippen molar-refractivity contribution in [1.82, 2.24) is 0 Å². The highest BCUT2D eigenvalue weighted by molar-refractivity contribution is 7.47. The van der Waals surface area contributed by atoms with Gasteiger partial charge in [-0.05, 0) is 70.6 Å². The maximum absolute atomic E-state index is 12.6. The number of ether oxygens (including phenoxy) is 2. The van der Waals surface area contributed by atoms with Crippen LogP contribution in [-0.2, 0) is 27.9 Å². The van der Waals surface area contributed by atoms with Gasteiger partial charge in [-0.2, -0.15) is 0 Å². The van der Waals surface area contributed by atoms with E-state index in [1.54, 1.807) is 0 Å². The number of hydrogen-bond donors (Lipinski definition) is 2. The van der Waals surface area contributed by atoms with Crippen LogP contribution in [0.2, 0.25) is 0 Å². The number of phosphoric ester groups is 1. The molecule has 56 heavy (non-hydrogen) atoms. The average Bonchev–Trinajstić information content (AvgIpc) is 3.19. The smallest absolute Gasteiger partial charge is 0.457 e. The maximum atomic E-state index is 12.6. The Morgan fingerprint density at radius 2 is 1.00 bits per heavy atom. The summed E-state index contributed by atoms with van der Waals surface area (Å²) in [6.07, 6.45) is 56.0. The first-order valence-corrected chi connectivity index (χ1v) is 23.6. The third-order valence-corrected chi connectivity index (χ3v) is 9.81. The van der Waals surface area contributed by atoms with Crippen LogP contribution < -0.4 is 5.73 Å². The molecule has 0 aliphatic carbocycles. The van der Waals surface area contributed by atoms with Crippen LogP contribution in [0, 0.1) is 0 Å². The zero-order chi connectivity index (χ0) is 40.9. The van der Waals surface area contributed by atoms with Gasteiger partial charge in [-0.25, -0.2) is 4.57 Å². The van der Waals surface area contributed by atoms with Gasteiger partial charge in [0.15, 0.2) is 0 Å². The molecular formula is C47H82NO7P. The van der Waals surface area contributed by atoms with Crippen LogP contribution in [-0.4, -0.2) is 49.9 Å². The highest BCUT2D eigenvalue weighted by atomic mass is 31.2. The molecule has 0 aromatic heterocycles. The van der Waals surface area contributed by atoms with E-state index in [2.05, 4.69) is 98.9 Å². The molecule has 9 heteroatoms. The molecule has 0 aliphatic heterocycles. The molecule has 0 rings (SSSR count). The maximum Gasteiger partial charge on any atom is 0.472 e. The van der Waals surface area contributed by atoms with Crippen molar-refractivity contribution in [3.05, 3.63) is 85.1 Å². The summed E-state index contributed by atoms with van der Waals surface area (Å²) in [5.41, 5.74) is 5.36. The van der Waals surface area contributed by atoms with Gasteiger partial charge in [0.25, 0.3) is 0 Å². The van der Waals surface area contributed by atoms with Crippen molar-refractivity contribution in [2.75, 3.05) is 33.0 Å². The number of carbonyl (C=O) groups excluding carboxylic acids is 1. The van der Waals surface area contributed by atoms with Crippen molar-refractivity contribution in [3.8, 4) is 0 Å². The molecule has 0 bridgehead atoms. The number of unbranched alkanes of at least 4 members (excludes halogenated alkanes) is 14. The number of hydrogen-bond acceptors (Lipinski definition) is 7. The second-order valence-electron chi connectivity index (χ2n) is 14.2. The van der Waals surface area contributed by atoms with Crippen LogP contribution in [0.3, 0.4) is 0 Å². The molecule has 2 atom stereocenters. The molecule has 0 amide bonds. The third kappa shape index (κ3) is 42.8. The van der Waals surface area contributed by atoms with Crippen LogP contribution in [0.4, 0.5) is 0 Å². The highest BCUT2D eigenvalue weighted by Gasteiger charge is 2.25. The normalized spacial score (nSPS) is 14.3. The van der Waals surface area contributed by atoms with Crippen LogP contribution in [0.15, 0.2) is 85.1 Å². The second kappa shape index (κ2) is 43.8. The van der Waals surface area contributed by atoms with Gasteiger partial charge in [0.1, 0.15) is 6.10 Å². The molecule has 0 aromatic carbocycles. The van der Waals surface area contributed by atoms with Crippen molar-refractivity contribution >= 4 is 13.8 Å². The Bertz CT molecular complexity index is 1130. The Hall–Kier alpha value is -2.32. The first kappa shape index (κ1) is 53.7. The number of allylic oxidation sites excluding steroid dienone is 14. The molecule has 3 N–H and O–H groups in total. The Morgan fingerprint density at radius 1 is 0.554 bits per heavy atom. The van der Waals surface area contributed by atoms with Gasteiger partial charge < -0.3 is 20.1 Å². The summed E-state index contributed by atoms with van der Waals surface area (Å²) in [5.74, 6) is -0.364. The van der Waals surface area contributed by atoms with Gasteiger partial charge in [0, 0.05) is 19.6 Å². The minimum Gasteiger partial charge on any atom is -0.457 e. The van der Waals surface area contributed by atoms with E-state index < -0.39 is 13.9 Å². The zero-order valence-electron chi connectivity index (χ0n) is 35.6. The SMILES string of the molecule is CC/C=C\C/C=C\C/C=C\C/C=C\C/C=C\C/C=C\C/C=C\CCCCCC(=O)OC(COCCCCCCCCCCCCCC)COP(=O)(O)OCCN. The molecule has 0 heterocycles. The molecule has 0 saturated heterocycles. The zero-order valence-corrected chi connectivity index (χ0v) is 36.5. The fourth-order valence-electron chi connectivity index (χ4n) is 5.62. The first-order valence-electron chi connectivity index (χ1n) is 22.1. The van der Waals surface area contributed by atoms with E-state index in [4.69, 9.17) is 24.3 Å². The fraction of sp³-hybridized carbons (Fsp3) is 0.681. The minimum absolute atomic E-state index is 0.0910. The summed E-state index contributed by atoms with van der Waals surface area (Å²) < 4.78 is 33.4. The Labute approximate surface area is 343 Å². The number of nitrogens with two attached hydrogens (primary N) is 1. The highest BCUT2D eigenvalue weighted by Crippen LogP contribution is 2.43. The Morgan fingerprint density at radius 3 is 1.48 bits per heavy atom. The van der Waals surface area contributed by atoms with Gasteiger partial charge >= 0.3 is 13.8 Å². The van der Waals surface area contributed by atoms with Crippen molar-refractivity contribution in [2.45, 2.75) is 174 Å². The van der Waals surface area contributed by atoms with E-state index >= 15 is 0 Å². The van der Waals surface area contributed by atoms with Crippen LogP contribution in [0.25, 0.3) is 0 Å². The second-order valence-corrected chi connectivity index (χ2v) is 15.6. The average molecular weight is 804 g/mol. The standard InChI is InChI=1S/C47H82NO7P/c1-3-5-7-9-11-13-15-17-18-19-20-21-22-23-24-25-26-27-28-29-30-32-34-36-38-40-47(49)55-46(45-54-56(50,51)53-43-41-48)44-52-42-39-37-35-33-31-16-14-12-10-8-6-4-2/h5,7,11,13,17-18,20-21,23-24,26-27,29-30,46H,3-4,6,8-10,12,14-16,19,22,25,28,31-45,48H2,1-2H3,(H,50,51)/b7-5-,13-11-,18-17-,21-20-,24-23-,27-26-,30-29-. The van der Waals surface area contributed by atoms with E-state index in [0.29, 0.717) is 13.0 Å². The lowest BCUT2D eigenvalue weighted by Crippen LogP contribution is -2.28. The number of rotatable bonds is 41. The molecule has 2 unspecified atom stereocenters. The van der Waals surface area contributed by atoms with E-state index in [9.17, 15) is 14.3 Å². The van der Waals surface area contributed by atoms with Gasteiger partial charge in [0.2, 0.25) is 0 Å². The quantitative estimate of drug-likeness (QED) is 0.0272. The first-order chi connectivity index (χ1) is 27.4. The molecular weight excluding hydrogens is 721 g/mol. The van der Waals surface area contributed by atoms with E-state index in [-0.39, 0.29) is 38.8 Å². The summed E-state index contributed by atoms with van der Waals surface area (Å²) in [7, 11) is -4.29. The summed E-state index contributed by atoms with van der Waals surface area (Å²) in [6, 6.07) is 0. The summed E-state index contributed by atoms with van der Waals surface area (Å²) in [6.45, 7) is 4.74. The lowest BCUT2D eigenvalue weighted by atomic mass is 10.1. The van der Waals surface area contributed by atoms with Crippen LogP contribution in [0.5, 0.6) is 0 Å². The van der Waals surface area contributed by atoms with Gasteiger partial charge in [-0.3, -0.25) is 13.8 Å². The predicted octanol–water partition coefficient (Wildman–Crippen LogP) is 13.3. The van der Waals surface area contributed by atoms with E-state index in [0.717, 1.165) is 77.0 Å². The molecule has 322 valence electrons. The summed E-state index contributed by atoms with van der Waals surface area (Å²) >= 11 is 0. The van der Waals surface area contributed by atoms with Crippen molar-refractivity contribution in [3.63, 3.8) is 0 Å². The summed E-state index contributed by atoms with van der Waals surface area (Å²) in [5, 5.41) is 0. The number of carbonyl (C=O) groups is 1. The molecule has 0 spiro atoms. The van der Waals surface area contributed by atoms with Crippen molar-refractivity contribution in [1.29, 1.82) is 0 Å². The minimum atomic E-state index is -4.29. The van der Waals surface area contributed by atoms with Crippen molar-refractivity contribution in [2.24, 2.45) is 5.73 Å². The molecule has 0 aliphatic rings. The molecule has 0 fully saturated rings. The molecule has 0 saturated carbocycles. The topological polar surface area (TPSA) is 117 Å².